The van der Waals surface area contributed by atoms with Crippen LogP contribution in [0.25, 0.3) is 10.8 Å². The molecule has 33 heavy (non-hydrogen) atoms. The predicted molar refractivity (Wildman–Crippen MR) is 122 cm³/mol. The monoisotopic (exact) mass is 453 g/mol. The minimum atomic E-state index is -1.08. The van der Waals surface area contributed by atoms with Crippen molar-refractivity contribution in [2.75, 3.05) is 12.4 Å². The fourth-order valence-corrected chi connectivity index (χ4v) is 3.49. The number of hydrogen-bond acceptors (Lipinski definition) is 5. The number of benzene rings is 3. The molecule has 0 unspecified atom stereocenters. The van der Waals surface area contributed by atoms with Gasteiger partial charge in [-0.1, -0.05) is 48.5 Å². The molecule has 0 saturated heterocycles. The quantitative estimate of drug-likeness (QED) is 0.374. The highest BCUT2D eigenvalue weighted by molar-refractivity contribution is 6.00. The first-order valence-corrected chi connectivity index (χ1v) is 10.2. The second-order valence-electron chi connectivity index (χ2n) is 7.28. The van der Waals surface area contributed by atoms with Crippen molar-refractivity contribution in [3.8, 4) is 5.75 Å². The van der Waals surface area contributed by atoms with Crippen LogP contribution in [-0.2, 0) is 14.3 Å². The summed E-state index contributed by atoms with van der Waals surface area (Å²) in [5.41, 5.74) is 0.833. The largest absolute Gasteiger partial charge is 0.505 e. The SMILES string of the molecule is CO[C@H](CC/C=C/C(=O)O)[C@H](OC(=O)Nc1cccc2ccccc12)c1ccc(O)c(F)c1. The number of hydrogen-bond donors (Lipinski definition) is 3. The Balaban J connectivity index is 1.83. The summed E-state index contributed by atoms with van der Waals surface area (Å²) in [5.74, 6) is -2.47. The van der Waals surface area contributed by atoms with Crippen LogP contribution in [0.3, 0.4) is 0 Å². The third-order valence-electron chi connectivity index (χ3n) is 5.08. The van der Waals surface area contributed by atoms with Gasteiger partial charge in [-0.25, -0.2) is 14.0 Å². The molecule has 0 aliphatic heterocycles. The van der Waals surface area contributed by atoms with Gasteiger partial charge in [0.2, 0.25) is 0 Å². The number of rotatable bonds is 9. The molecule has 3 aromatic carbocycles. The number of allylic oxidation sites excluding steroid dienone is 1. The molecule has 0 radical (unpaired) electrons. The highest BCUT2D eigenvalue weighted by atomic mass is 19.1. The summed E-state index contributed by atoms with van der Waals surface area (Å²) in [7, 11) is 1.42. The maximum atomic E-state index is 14.0. The van der Waals surface area contributed by atoms with Crippen LogP contribution in [0.2, 0.25) is 0 Å². The summed E-state index contributed by atoms with van der Waals surface area (Å²) in [4.78, 5) is 23.5. The Labute approximate surface area is 190 Å². The summed E-state index contributed by atoms with van der Waals surface area (Å²) < 4.78 is 25.2. The molecule has 0 bridgehead atoms. The van der Waals surface area contributed by atoms with E-state index in [2.05, 4.69) is 5.32 Å². The maximum Gasteiger partial charge on any atom is 0.412 e. The second-order valence-corrected chi connectivity index (χ2v) is 7.28. The predicted octanol–water partition coefficient (Wildman–Crippen LogP) is 5.41. The van der Waals surface area contributed by atoms with Gasteiger partial charge in [0.05, 0.1) is 11.8 Å². The molecule has 3 rings (SSSR count). The zero-order valence-corrected chi connectivity index (χ0v) is 17.9. The Hall–Kier alpha value is -3.91. The molecule has 0 heterocycles. The van der Waals surface area contributed by atoms with Gasteiger partial charge in [0.25, 0.3) is 0 Å². The van der Waals surface area contributed by atoms with Crippen molar-refractivity contribution in [3.63, 3.8) is 0 Å². The minimum Gasteiger partial charge on any atom is -0.505 e. The third-order valence-corrected chi connectivity index (χ3v) is 5.08. The number of carbonyl (C=O) groups is 2. The highest BCUT2D eigenvalue weighted by Crippen LogP contribution is 2.30. The summed E-state index contributed by atoms with van der Waals surface area (Å²) >= 11 is 0. The molecule has 7 nitrogen and oxygen atoms in total. The fraction of sp³-hybridized carbons (Fsp3) is 0.200. The van der Waals surface area contributed by atoms with Gasteiger partial charge < -0.3 is 19.7 Å². The van der Waals surface area contributed by atoms with Crippen LogP contribution in [-0.4, -0.2) is 35.5 Å². The van der Waals surface area contributed by atoms with E-state index in [0.717, 1.165) is 22.9 Å². The smallest absolute Gasteiger partial charge is 0.412 e. The van der Waals surface area contributed by atoms with Crippen molar-refractivity contribution in [2.45, 2.75) is 25.0 Å². The number of carboxylic acid groups (broad SMARTS) is 1. The molecule has 2 atom stereocenters. The van der Waals surface area contributed by atoms with Crippen LogP contribution >= 0.6 is 0 Å². The van der Waals surface area contributed by atoms with E-state index in [4.69, 9.17) is 14.6 Å². The molecule has 3 aromatic rings. The molecule has 3 N–H and O–H groups in total. The molecular weight excluding hydrogens is 429 g/mol. The Morgan fingerprint density at radius 3 is 2.61 bits per heavy atom. The second kappa shape index (κ2) is 11.1. The lowest BCUT2D eigenvalue weighted by Gasteiger charge is -2.26. The van der Waals surface area contributed by atoms with Crippen molar-refractivity contribution < 1.29 is 33.7 Å². The number of carboxylic acids is 1. The number of phenolic OH excluding ortho intramolecular Hbond substituents is 1. The van der Waals surface area contributed by atoms with Gasteiger partial charge in [-0.15, -0.1) is 0 Å². The molecule has 0 aromatic heterocycles. The van der Waals surface area contributed by atoms with E-state index < -0.39 is 35.8 Å². The molecule has 0 aliphatic rings. The van der Waals surface area contributed by atoms with E-state index in [1.54, 1.807) is 12.1 Å². The van der Waals surface area contributed by atoms with Gasteiger partial charge in [0.1, 0.15) is 0 Å². The number of fused-ring (bicyclic) bond motifs is 1. The zero-order chi connectivity index (χ0) is 23.8. The molecule has 0 saturated carbocycles. The lowest BCUT2D eigenvalue weighted by atomic mass is 10.00. The fourth-order valence-electron chi connectivity index (χ4n) is 3.49. The van der Waals surface area contributed by atoms with Gasteiger partial charge in [-0.2, -0.15) is 0 Å². The van der Waals surface area contributed by atoms with Crippen molar-refractivity contribution in [2.24, 2.45) is 0 Å². The van der Waals surface area contributed by atoms with Crippen molar-refractivity contribution >= 4 is 28.5 Å². The highest BCUT2D eigenvalue weighted by Gasteiger charge is 2.28. The topological polar surface area (TPSA) is 105 Å². The molecular formula is C25H24FNO6. The first-order chi connectivity index (χ1) is 15.9. The number of ether oxygens (including phenoxy) is 2. The van der Waals surface area contributed by atoms with E-state index >= 15 is 0 Å². The van der Waals surface area contributed by atoms with E-state index in [9.17, 15) is 19.1 Å². The third kappa shape index (κ3) is 6.30. The number of aromatic hydroxyl groups is 1. The number of phenols is 1. The minimum absolute atomic E-state index is 0.285. The first kappa shape index (κ1) is 23.7. The van der Waals surface area contributed by atoms with Gasteiger partial charge in [-0.05, 0) is 42.0 Å². The van der Waals surface area contributed by atoms with Crippen LogP contribution in [0.5, 0.6) is 5.75 Å². The van der Waals surface area contributed by atoms with E-state index in [0.29, 0.717) is 18.5 Å². The molecule has 172 valence electrons. The zero-order valence-electron chi connectivity index (χ0n) is 17.9. The van der Waals surface area contributed by atoms with E-state index in [1.807, 2.05) is 30.3 Å². The molecule has 0 spiro atoms. The molecule has 1 amide bonds. The number of anilines is 1. The average molecular weight is 453 g/mol. The van der Waals surface area contributed by atoms with Crippen LogP contribution in [0.1, 0.15) is 24.5 Å². The standard InChI is InChI=1S/C25H24FNO6/c1-32-22(11-4-5-12-23(29)30)24(17-13-14-21(28)19(26)15-17)33-25(31)27-20-10-6-8-16-7-2-3-9-18(16)20/h2-3,5-10,12-15,22,24,28H,4,11H2,1H3,(H,27,31)(H,29,30)/b12-5+/t22-,24-/m1/s1. The normalized spacial score (nSPS) is 13.0. The number of aliphatic carboxylic acids is 1. The molecule has 0 fully saturated rings. The Kier molecular flexibility index (Phi) is 7.99. The number of carbonyl (C=O) groups excluding carboxylic acids is 1. The first-order valence-electron chi connectivity index (χ1n) is 10.2. The molecule has 0 aliphatic carbocycles. The van der Waals surface area contributed by atoms with Crippen molar-refractivity contribution in [1.29, 1.82) is 0 Å². The summed E-state index contributed by atoms with van der Waals surface area (Å²) in [6.07, 6.45) is 0.608. The summed E-state index contributed by atoms with van der Waals surface area (Å²) in [6, 6.07) is 16.7. The van der Waals surface area contributed by atoms with Crippen molar-refractivity contribution in [1.82, 2.24) is 0 Å². The number of amides is 1. The summed E-state index contributed by atoms with van der Waals surface area (Å²) in [6.45, 7) is 0. The number of halogens is 1. The van der Waals surface area contributed by atoms with E-state index in [1.165, 1.54) is 25.3 Å². The Morgan fingerprint density at radius 1 is 1.12 bits per heavy atom. The van der Waals surface area contributed by atoms with Crippen LogP contribution in [0, 0.1) is 5.82 Å². The lowest BCUT2D eigenvalue weighted by molar-refractivity contribution is -0.131. The number of methoxy groups -OCH3 is 1. The Morgan fingerprint density at radius 2 is 1.88 bits per heavy atom. The van der Waals surface area contributed by atoms with Gasteiger partial charge in [0.15, 0.2) is 17.7 Å². The van der Waals surface area contributed by atoms with Crippen LogP contribution < -0.4 is 5.32 Å². The van der Waals surface area contributed by atoms with Gasteiger partial charge in [-0.3, -0.25) is 5.32 Å². The van der Waals surface area contributed by atoms with Gasteiger partial charge >= 0.3 is 12.1 Å². The van der Waals surface area contributed by atoms with Crippen LogP contribution in [0.15, 0.2) is 72.8 Å². The number of nitrogens with one attached hydrogen (secondary N) is 1. The van der Waals surface area contributed by atoms with E-state index in [-0.39, 0.29) is 5.56 Å². The average Bonchev–Trinajstić information content (AvgIpc) is 2.80. The van der Waals surface area contributed by atoms with Crippen molar-refractivity contribution in [3.05, 3.63) is 84.2 Å². The Bertz CT molecular complexity index is 1160. The molecule has 8 heteroatoms. The lowest BCUT2D eigenvalue weighted by Crippen LogP contribution is -2.28. The summed E-state index contributed by atoms with van der Waals surface area (Å²) in [5, 5.41) is 22.8. The van der Waals surface area contributed by atoms with Gasteiger partial charge in [0, 0.05) is 18.6 Å². The van der Waals surface area contributed by atoms with Crippen LogP contribution in [0.4, 0.5) is 14.9 Å². The maximum absolute atomic E-state index is 14.0.